The van der Waals surface area contributed by atoms with Crippen LogP contribution in [0.3, 0.4) is 0 Å². The number of nitrogens with one attached hydrogen (secondary N) is 2. The highest BCUT2D eigenvalue weighted by atomic mass is 16.2. The topological polar surface area (TPSA) is 96.7 Å². The predicted molar refractivity (Wildman–Crippen MR) is 69.2 cm³/mol. The van der Waals surface area contributed by atoms with Crippen molar-refractivity contribution >= 4 is 17.3 Å². The molecule has 0 unspecified atom stereocenters. The number of nitrogens with zero attached hydrogens (tertiary/aromatic N) is 2. The van der Waals surface area contributed by atoms with Gasteiger partial charge in [-0.2, -0.15) is 5.10 Å². The fourth-order valence-corrected chi connectivity index (χ4v) is 1.63. The highest BCUT2D eigenvalue weighted by molar-refractivity contribution is 6.06. The van der Waals surface area contributed by atoms with Gasteiger partial charge in [0.1, 0.15) is 0 Å². The maximum Gasteiger partial charge on any atom is 0.278 e. The number of nitrogen functional groups attached to an aromatic ring is 1. The Hall–Kier alpha value is -2.37. The number of hydrogen-bond acceptors (Lipinski definition) is 4. The Bertz CT molecular complexity index is 535. The first-order chi connectivity index (χ1) is 8.72. The molecule has 0 fully saturated rings. The van der Waals surface area contributed by atoms with E-state index in [1.54, 1.807) is 24.5 Å². The van der Waals surface area contributed by atoms with Crippen molar-refractivity contribution in [2.75, 3.05) is 11.1 Å². The number of rotatable bonds is 4. The number of carbonyl (C=O) groups is 1. The number of hydrogen-bond donors (Lipinski definition) is 3. The lowest BCUT2D eigenvalue weighted by Crippen LogP contribution is -2.14. The summed E-state index contributed by atoms with van der Waals surface area (Å²) in [4.78, 5) is 15.8. The Kier molecular flexibility index (Phi) is 3.57. The lowest BCUT2D eigenvalue weighted by molar-refractivity contribution is 0.102. The van der Waals surface area contributed by atoms with Crippen LogP contribution in [0.1, 0.15) is 29.5 Å². The van der Waals surface area contributed by atoms with Crippen LogP contribution in [0.2, 0.25) is 0 Å². The summed E-state index contributed by atoms with van der Waals surface area (Å²) >= 11 is 0. The van der Waals surface area contributed by atoms with E-state index in [0.29, 0.717) is 11.4 Å². The first-order valence-corrected chi connectivity index (χ1v) is 5.76. The van der Waals surface area contributed by atoms with Gasteiger partial charge in [0.25, 0.3) is 5.91 Å². The van der Waals surface area contributed by atoms with Crippen LogP contribution in [0.25, 0.3) is 0 Å². The van der Waals surface area contributed by atoms with Crippen molar-refractivity contribution in [2.45, 2.75) is 19.8 Å². The number of anilines is 2. The molecular weight excluding hydrogens is 230 g/mol. The van der Waals surface area contributed by atoms with Crippen LogP contribution >= 0.6 is 0 Å². The molecular formula is C12H15N5O. The average molecular weight is 245 g/mol. The molecule has 2 aromatic rings. The molecule has 0 radical (unpaired) electrons. The molecule has 0 saturated heterocycles. The fraction of sp³-hybridized carbons (Fsp3) is 0.250. The summed E-state index contributed by atoms with van der Waals surface area (Å²) in [5.74, 6) is -0.322. The zero-order valence-corrected chi connectivity index (χ0v) is 10.1. The van der Waals surface area contributed by atoms with Gasteiger partial charge < -0.3 is 11.1 Å². The van der Waals surface area contributed by atoms with Crippen molar-refractivity contribution in [3.63, 3.8) is 0 Å². The minimum atomic E-state index is -0.322. The zero-order chi connectivity index (χ0) is 13.0. The van der Waals surface area contributed by atoms with Crippen molar-refractivity contribution in [3.05, 3.63) is 35.9 Å². The van der Waals surface area contributed by atoms with Gasteiger partial charge in [0.15, 0.2) is 5.69 Å². The van der Waals surface area contributed by atoms with Gasteiger partial charge in [0, 0.05) is 18.1 Å². The first kappa shape index (κ1) is 12.1. The SMILES string of the molecule is CCCc1[nH]nc(C(=O)Nc2ccncc2)c1N. The predicted octanol–water partition coefficient (Wildman–Crippen LogP) is 1.59. The van der Waals surface area contributed by atoms with Crippen molar-refractivity contribution in [1.82, 2.24) is 15.2 Å². The molecule has 2 aromatic heterocycles. The molecule has 0 aliphatic heterocycles. The van der Waals surface area contributed by atoms with Gasteiger partial charge in [-0.25, -0.2) is 0 Å². The summed E-state index contributed by atoms with van der Waals surface area (Å²) in [6.07, 6.45) is 4.93. The maximum absolute atomic E-state index is 12.0. The van der Waals surface area contributed by atoms with Gasteiger partial charge in [-0.15, -0.1) is 0 Å². The third-order valence-electron chi connectivity index (χ3n) is 2.54. The van der Waals surface area contributed by atoms with E-state index < -0.39 is 0 Å². The summed E-state index contributed by atoms with van der Waals surface area (Å²) in [5.41, 5.74) is 7.99. The minimum Gasteiger partial charge on any atom is -0.395 e. The van der Waals surface area contributed by atoms with E-state index in [-0.39, 0.29) is 11.6 Å². The first-order valence-electron chi connectivity index (χ1n) is 5.76. The molecule has 1 amide bonds. The smallest absolute Gasteiger partial charge is 0.278 e. The molecule has 6 heteroatoms. The number of nitrogens with two attached hydrogens (primary N) is 1. The summed E-state index contributed by atoms with van der Waals surface area (Å²) in [5, 5.41) is 9.46. The Balaban J connectivity index is 2.14. The van der Waals surface area contributed by atoms with Gasteiger partial charge in [0.05, 0.1) is 11.4 Å². The standard InChI is InChI=1S/C12H15N5O/c1-2-3-9-10(13)11(17-16-9)12(18)15-8-4-6-14-7-5-8/h4-7H,2-3,13H2,1H3,(H,16,17)(H,14,15,18). The molecule has 0 aromatic carbocycles. The lowest BCUT2D eigenvalue weighted by atomic mass is 10.2. The van der Waals surface area contributed by atoms with E-state index in [1.165, 1.54) is 0 Å². The second-order valence-corrected chi connectivity index (χ2v) is 3.90. The number of carbonyl (C=O) groups excluding carboxylic acids is 1. The van der Waals surface area contributed by atoms with Crippen LogP contribution in [0, 0.1) is 0 Å². The molecule has 0 spiro atoms. The third-order valence-corrected chi connectivity index (χ3v) is 2.54. The van der Waals surface area contributed by atoms with E-state index in [1.807, 2.05) is 6.92 Å². The molecule has 18 heavy (non-hydrogen) atoms. The quantitative estimate of drug-likeness (QED) is 0.762. The van der Waals surface area contributed by atoms with Crippen LogP contribution in [0.4, 0.5) is 11.4 Å². The summed E-state index contributed by atoms with van der Waals surface area (Å²) < 4.78 is 0. The molecule has 0 saturated carbocycles. The van der Waals surface area contributed by atoms with Gasteiger partial charge in [-0.1, -0.05) is 13.3 Å². The Labute approximate surface area is 105 Å². The van der Waals surface area contributed by atoms with Gasteiger partial charge in [-0.3, -0.25) is 14.9 Å². The lowest BCUT2D eigenvalue weighted by Gasteiger charge is -2.03. The van der Waals surface area contributed by atoms with E-state index >= 15 is 0 Å². The zero-order valence-electron chi connectivity index (χ0n) is 10.1. The summed E-state index contributed by atoms with van der Waals surface area (Å²) in [7, 11) is 0. The van der Waals surface area contributed by atoms with Crippen LogP contribution in [0.15, 0.2) is 24.5 Å². The Morgan fingerprint density at radius 2 is 2.17 bits per heavy atom. The normalized spacial score (nSPS) is 10.3. The van der Waals surface area contributed by atoms with Gasteiger partial charge in [-0.05, 0) is 18.6 Å². The molecule has 2 heterocycles. The average Bonchev–Trinajstić information content (AvgIpc) is 2.73. The monoisotopic (exact) mass is 245 g/mol. The molecule has 0 atom stereocenters. The number of pyridine rings is 1. The number of amides is 1. The number of H-pyrrole nitrogens is 1. The van der Waals surface area contributed by atoms with Crippen LogP contribution in [-0.2, 0) is 6.42 Å². The molecule has 0 aliphatic rings. The second-order valence-electron chi connectivity index (χ2n) is 3.90. The van der Waals surface area contributed by atoms with Crippen molar-refractivity contribution in [2.24, 2.45) is 0 Å². The van der Waals surface area contributed by atoms with E-state index in [9.17, 15) is 4.79 Å². The highest BCUT2D eigenvalue weighted by Gasteiger charge is 2.16. The summed E-state index contributed by atoms with van der Waals surface area (Å²) in [6.45, 7) is 2.04. The van der Waals surface area contributed by atoms with E-state index in [2.05, 4.69) is 20.5 Å². The van der Waals surface area contributed by atoms with Crippen molar-refractivity contribution in [1.29, 1.82) is 0 Å². The van der Waals surface area contributed by atoms with Gasteiger partial charge >= 0.3 is 0 Å². The number of aromatic amines is 1. The van der Waals surface area contributed by atoms with E-state index in [4.69, 9.17) is 5.73 Å². The Morgan fingerprint density at radius 1 is 1.44 bits per heavy atom. The third kappa shape index (κ3) is 2.48. The van der Waals surface area contributed by atoms with Crippen molar-refractivity contribution < 1.29 is 4.79 Å². The highest BCUT2D eigenvalue weighted by Crippen LogP contribution is 2.17. The van der Waals surface area contributed by atoms with Crippen LogP contribution in [-0.4, -0.2) is 21.1 Å². The largest absolute Gasteiger partial charge is 0.395 e. The van der Waals surface area contributed by atoms with E-state index in [0.717, 1.165) is 18.5 Å². The van der Waals surface area contributed by atoms with Gasteiger partial charge in [0.2, 0.25) is 0 Å². The maximum atomic E-state index is 12.0. The molecule has 4 N–H and O–H groups in total. The van der Waals surface area contributed by atoms with Crippen molar-refractivity contribution in [3.8, 4) is 0 Å². The Morgan fingerprint density at radius 3 is 2.83 bits per heavy atom. The minimum absolute atomic E-state index is 0.232. The molecule has 94 valence electrons. The molecule has 0 bridgehead atoms. The number of aryl methyl sites for hydroxylation is 1. The number of aromatic nitrogens is 3. The second kappa shape index (κ2) is 5.31. The fourth-order valence-electron chi connectivity index (χ4n) is 1.63. The van der Waals surface area contributed by atoms with Crippen LogP contribution < -0.4 is 11.1 Å². The molecule has 0 aliphatic carbocycles. The summed E-state index contributed by atoms with van der Waals surface area (Å²) in [6, 6.07) is 3.40. The molecule has 2 rings (SSSR count). The molecule has 6 nitrogen and oxygen atoms in total. The van der Waals surface area contributed by atoms with Crippen LogP contribution in [0.5, 0.6) is 0 Å².